The molecule has 0 saturated heterocycles. The van der Waals surface area contributed by atoms with E-state index in [1.807, 2.05) is 12.1 Å². The van der Waals surface area contributed by atoms with Gasteiger partial charge < -0.3 is 5.11 Å². The van der Waals surface area contributed by atoms with Crippen molar-refractivity contribution in [3.8, 4) is 0 Å². The zero-order valence-corrected chi connectivity index (χ0v) is 8.77. The SMILES string of the molecule is CNC(O)Cc1ccc2ccccc2c1. The molecule has 0 radical (unpaired) electrons. The van der Waals surface area contributed by atoms with E-state index in [4.69, 9.17) is 0 Å². The summed E-state index contributed by atoms with van der Waals surface area (Å²) in [6.45, 7) is 0. The Labute approximate surface area is 89.6 Å². The van der Waals surface area contributed by atoms with Crippen LogP contribution in [-0.2, 0) is 6.42 Å². The van der Waals surface area contributed by atoms with Gasteiger partial charge in [0.1, 0.15) is 6.23 Å². The first-order chi connectivity index (χ1) is 7.29. The maximum Gasteiger partial charge on any atom is 0.108 e. The number of rotatable bonds is 3. The van der Waals surface area contributed by atoms with E-state index in [2.05, 4.69) is 35.6 Å². The predicted molar refractivity (Wildman–Crippen MR) is 62.7 cm³/mol. The second-order valence-corrected chi connectivity index (χ2v) is 3.69. The van der Waals surface area contributed by atoms with E-state index in [1.165, 1.54) is 10.8 Å². The van der Waals surface area contributed by atoms with Crippen molar-refractivity contribution in [2.45, 2.75) is 12.6 Å². The van der Waals surface area contributed by atoms with Crippen molar-refractivity contribution < 1.29 is 5.11 Å². The topological polar surface area (TPSA) is 32.3 Å². The van der Waals surface area contributed by atoms with Gasteiger partial charge in [-0.15, -0.1) is 0 Å². The van der Waals surface area contributed by atoms with Gasteiger partial charge in [0.05, 0.1) is 0 Å². The van der Waals surface area contributed by atoms with Crippen molar-refractivity contribution in [2.24, 2.45) is 0 Å². The van der Waals surface area contributed by atoms with Crippen LogP contribution < -0.4 is 5.32 Å². The second-order valence-electron chi connectivity index (χ2n) is 3.69. The van der Waals surface area contributed by atoms with Crippen molar-refractivity contribution in [3.63, 3.8) is 0 Å². The highest BCUT2D eigenvalue weighted by atomic mass is 16.3. The number of fused-ring (bicyclic) bond motifs is 1. The Balaban J connectivity index is 2.30. The molecule has 0 saturated carbocycles. The van der Waals surface area contributed by atoms with Gasteiger partial charge in [0, 0.05) is 6.42 Å². The minimum Gasteiger partial charge on any atom is -0.378 e. The quantitative estimate of drug-likeness (QED) is 0.744. The average molecular weight is 201 g/mol. The summed E-state index contributed by atoms with van der Waals surface area (Å²) >= 11 is 0. The third kappa shape index (κ3) is 2.35. The molecule has 1 unspecified atom stereocenters. The van der Waals surface area contributed by atoms with Gasteiger partial charge in [-0.2, -0.15) is 0 Å². The van der Waals surface area contributed by atoms with Crippen molar-refractivity contribution in [2.75, 3.05) is 7.05 Å². The number of hydrogen-bond acceptors (Lipinski definition) is 2. The van der Waals surface area contributed by atoms with Gasteiger partial charge in [-0.1, -0.05) is 42.5 Å². The summed E-state index contributed by atoms with van der Waals surface area (Å²) in [6.07, 6.45) is 0.174. The summed E-state index contributed by atoms with van der Waals surface area (Å²) in [4.78, 5) is 0. The molecular formula is C13H15NO. The zero-order chi connectivity index (χ0) is 10.7. The molecule has 2 N–H and O–H groups in total. The number of benzene rings is 2. The van der Waals surface area contributed by atoms with E-state index >= 15 is 0 Å². The molecule has 0 fully saturated rings. The molecule has 0 aliphatic heterocycles. The molecule has 1 atom stereocenters. The largest absolute Gasteiger partial charge is 0.378 e. The Morgan fingerprint density at radius 3 is 2.60 bits per heavy atom. The Morgan fingerprint density at radius 2 is 1.87 bits per heavy atom. The lowest BCUT2D eigenvalue weighted by atomic mass is 10.0. The van der Waals surface area contributed by atoms with Gasteiger partial charge in [-0.3, -0.25) is 5.32 Å². The predicted octanol–water partition coefficient (Wildman–Crippen LogP) is 1.92. The Morgan fingerprint density at radius 1 is 1.13 bits per heavy atom. The Kier molecular flexibility index (Phi) is 2.99. The Hall–Kier alpha value is -1.38. The molecule has 2 heteroatoms. The maximum atomic E-state index is 9.47. The number of aliphatic hydroxyl groups excluding tert-OH is 1. The molecule has 2 rings (SSSR count). The van der Waals surface area contributed by atoms with Gasteiger partial charge in [0.15, 0.2) is 0 Å². The highest BCUT2D eigenvalue weighted by Crippen LogP contribution is 2.16. The van der Waals surface area contributed by atoms with Gasteiger partial charge in [-0.05, 0) is 23.4 Å². The molecule has 0 aliphatic carbocycles. The van der Waals surface area contributed by atoms with Gasteiger partial charge in [0.2, 0.25) is 0 Å². The molecule has 78 valence electrons. The fourth-order valence-corrected chi connectivity index (χ4v) is 1.69. The summed E-state index contributed by atoms with van der Waals surface area (Å²) in [6, 6.07) is 14.5. The molecule has 15 heavy (non-hydrogen) atoms. The van der Waals surface area contributed by atoms with Crippen LogP contribution in [0.3, 0.4) is 0 Å². The van der Waals surface area contributed by atoms with Gasteiger partial charge in [-0.25, -0.2) is 0 Å². The third-order valence-electron chi connectivity index (χ3n) is 2.58. The van der Waals surface area contributed by atoms with E-state index in [0.29, 0.717) is 6.42 Å². The summed E-state index contributed by atoms with van der Waals surface area (Å²) in [5.41, 5.74) is 1.15. The fourth-order valence-electron chi connectivity index (χ4n) is 1.69. The molecule has 0 spiro atoms. The van der Waals surface area contributed by atoms with E-state index < -0.39 is 6.23 Å². The highest BCUT2D eigenvalue weighted by Gasteiger charge is 2.02. The van der Waals surface area contributed by atoms with Crippen LogP contribution in [0.1, 0.15) is 5.56 Å². The molecule has 0 aliphatic rings. The number of likely N-dealkylation sites (N-methyl/N-ethyl adjacent to an activating group) is 1. The number of hydrogen-bond donors (Lipinski definition) is 2. The van der Waals surface area contributed by atoms with Gasteiger partial charge in [0.25, 0.3) is 0 Å². The van der Waals surface area contributed by atoms with Crippen LogP contribution in [0.15, 0.2) is 42.5 Å². The van der Waals surface area contributed by atoms with Crippen molar-refractivity contribution in [1.29, 1.82) is 0 Å². The van der Waals surface area contributed by atoms with Crippen molar-refractivity contribution >= 4 is 10.8 Å². The maximum absolute atomic E-state index is 9.47. The van der Waals surface area contributed by atoms with Crippen LogP contribution in [0.4, 0.5) is 0 Å². The van der Waals surface area contributed by atoms with Crippen LogP contribution in [-0.4, -0.2) is 18.4 Å². The summed E-state index contributed by atoms with van der Waals surface area (Å²) in [5, 5.41) is 14.7. The van der Waals surface area contributed by atoms with Crippen LogP contribution in [0.2, 0.25) is 0 Å². The number of aliphatic hydroxyl groups is 1. The van der Waals surface area contributed by atoms with Gasteiger partial charge >= 0.3 is 0 Å². The second kappa shape index (κ2) is 4.43. The highest BCUT2D eigenvalue weighted by molar-refractivity contribution is 5.82. The lowest BCUT2D eigenvalue weighted by molar-refractivity contribution is 0.147. The molecular weight excluding hydrogens is 186 g/mol. The first-order valence-corrected chi connectivity index (χ1v) is 5.12. The van der Waals surface area contributed by atoms with Crippen LogP contribution in [0.25, 0.3) is 10.8 Å². The first kappa shape index (κ1) is 10.1. The molecule has 0 amide bonds. The molecule has 0 heterocycles. The summed E-state index contributed by atoms with van der Waals surface area (Å²) < 4.78 is 0. The van der Waals surface area contributed by atoms with E-state index in [0.717, 1.165) is 5.56 Å². The summed E-state index contributed by atoms with van der Waals surface area (Å²) in [5.74, 6) is 0. The van der Waals surface area contributed by atoms with Crippen molar-refractivity contribution in [3.05, 3.63) is 48.0 Å². The lowest BCUT2D eigenvalue weighted by Crippen LogP contribution is -2.26. The fraction of sp³-hybridized carbons (Fsp3) is 0.231. The molecule has 2 nitrogen and oxygen atoms in total. The monoisotopic (exact) mass is 201 g/mol. The molecule has 2 aromatic rings. The van der Waals surface area contributed by atoms with Crippen LogP contribution >= 0.6 is 0 Å². The minimum atomic E-state index is -0.467. The zero-order valence-electron chi connectivity index (χ0n) is 8.77. The lowest BCUT2D eigenvalue weighted by Gasteiger charge is -2.09. The average Bonchev–Trinajstić information content (AvgIpc) is 2.29. The smallest absolute Gasteiger partial charge is 0.108 e. The van der Waals surface area contributed by atoms with Crippen LogP contribution in [0.5, 0.6) is 0 Å². The summed E-state index contributed by atoms with van der Waals surface area (Å²) in [7, 11) is 1.76. The van der Waals surface area contributed by atoms with Crippen molar-refractivity contribution in [1.82, 2.24) is 5.32 Å². The number of nitrogens with one attached hydrogen (secondary N) is 1. The third-order valence-corrected chi connectivity index (χ3v) is 2.58. The van der Waals surface area contributed by atoms with Crippen LogP contribution in [0, 0.1) is 0 Å². The first-order valence-electron chi connectivity index (χ1n) is 5.12. The van der Waals surface area contributed by atoms with E-state index in [9.17, 15) is 5.11 Å². The van der Waals surface area contributed by atoms with E-state index in [-0.39, 0.29) is 0 Å². The molecule has 2 aromatic carbocycles. The molecule has 0 bridgehead atoms. The Bertz CT molecular complexity index is 453. The van der Waals surface area contributed by atoms with E-state index in [1.54, 1.807) is 7.05 Å². The standard InChI is InChI=1S/C13H15NO/c1-14-13(15)9-10-6-7-11-4-2-3-5-12(11)8-10/h2-8,13-15H,9H2,1H3. The minimum absolute atomic E-state index is 0.467. The normalized spacial score (nSPS) is 12.9. The molecule has 0 aromatic heterocycles.